The van der Waals surface area contributed by atoms with E-state index in [1.165, 1.54) is 0 Å². The largest absolute Gasteiger partial charge is 0.456 e. The van der Waals surface area contributed by atoms with Crippen molar-refractivity contribution in [2.45, 2.75) is 0 Å². The van der Waals surface area contributed by atoms with E-state index in [4.69, 9.17) is 25.0 Å². The maximum Gasteiger partial charge on any atom is 0.164 e. The van der Waals surface area contributed by atoms with Crippen molar-refractivity contribution >= 4 is 43.5 Å². The highest BCUT2D eigenvalue weighted by Crippen LogP contribution is 2.39. The molecule has 4 nitrogen and oxygen atoms in total. The first-order chi connectivity index (χ1) is 29.8. The predicted molar refractivity (Wildman–Crippen MR) is 184 cm³/mol. The topological polar surface area (TPSA) is 51.8 Å². The first-order valence-electron chi connectivity index (χ1n) is 22.6. The lowest BCUT2D eigenvalue weighted by molar-refractivity contribution is 0.669. The first kappa shape index (κ1) is 13.2. The molecule has 0 amide bonds. The van der Waals surface area contributed by atoms with Gasteiger partial charge in [0, 0.05) is 27.5 Å². The van der Waals surface area contributed by atoms with E-state index in [0.717, 1.165) is 5.39 Å². The van der Waals surface area contributed by atoms with Crippen molar-refractivity contribution in [3.8, 4) is 45.3 Å². The Labute approximate surface area is 284 Å². The van der Waals surface area contributed by atoms with E-state index >= 15 is 0 Å². The number of furan rings is 1. The number of fused-ring (bicyclic) bond motifs is 5. The summed E-state index contributed by atoms with van der Waals surface area (Å²) in [5, 5.41) is 0.140. The SMILES string of the molecule is [2H]c1c([2H])c([2H])c(-c2nc(-c3c([2H])c([2H])c([2H])c4c(-c5cccc6ccccc56)c([2H])c([2H])c([2H])c34)nc(-c3c([2H])c([2H])c([2H])c4oc5c([2H])c([2H])c([2H])c([2H])c5c34)n2)c([2H])c1[2H]. The fourth-order valence-electron chi connectivity index (χ4n) is 5.35. The van der Waals surface area contributed by atoms with Crippen LogP contribution in [0, 0.1) is 0 Å². The minimum absolute atomic E-state index is 0.0262. The number of hydrogen-bond acceptors (Lipinski definition) is 4. The van der Waals surface area contributed by atoms with E-state index < -0.39 is 154 Å². The summed E-state index contributed by atoms with van der Waals surface area (Å²) >= 11 is 0. The van der Waals surface area contributed by atoms with Gasteiger partial charge in [0.2, 0.25) is 0 Å². The van der Waals surface area contributed by atoms with E-state index in [-0.39, 0.29) is 27.1 Å². The van der Waals surface area contributed by atoms with Crippen LogP contribution in [0.1, 0.15) is 24.7 Å². The molecule has 0 aliphatic carbocycles. The lowest BCUT2D eigenvalue weighted by Gasteiger charge is -2.14. The van der Waals surface area contributed by atoms with Crippen LogP contribution in [0.15, 0.2) is 156 Å². The second kappa shape index (κ2) is 10.2. The zero-order chi connectivity index (χ0) is 45.4. The fourth-order valence-corrected chi connectivity index (χ4v) is 5.35. The van der Waals surface area contributed by atoms with Crippen LogP contribution < -0.4 is 0 Å². The van der Waals surface area contributed by atoms with Crippen LogP contribution in [0.25, 0.3) is 88.8 Å². The third-order valence-electron chi connectivity index (χ3n) is 7.31. The van der Waals surface area contributed by atoms with Crippen molar-refractivity contribution in [3.63, 3.8) is 0 Å². The third kappa shape index (κ3) is 4.19. The van der Waals surface area contributed by atoms with Gasteiger partial charge in [-0.15, -0.1) is 0 Å². The molecule has 0 aliphatic heterocycles. The quantitative estimate of drug-likeness (QED) is 0.204. The third-order valence-corrected chi connectivity index (χ3v) is 7.31. The van der Waals surface area contributed by atoms with Gasteiger partial charge in [-0.25, -0.2) is 15.0 Å². The molecular formula is C41H25N3O. The summed E-state index contributed by atoms with van der Waals surface area (Å²) in [6, 6.07) is -0.428. The van der Waals surface area contributed by atoms with Crippen LogP contribution in [-0.2, 0) is 0 Å². The first-order valence-corrected chi connectivity index (χ1v) is 13.6. The van der Waals surface area contributed by atoms with Crippen LogP contribution in [0.4, 0.5) is 0 Å². The van der Waals surface area contributed by atoms with E-state index in [1.54, 1.807) is 30.3 Å². The highest BCUT2D eigenvalue weighted by atomic mass is 16.3. The molecule has 9 rings (SSSR count). The minimum atomic E-state index is -0.796. The van der Waals surface area contributed by atoms with Crippen molar-refractivity contribution in [1.82, 2.24) is 15.0 Å². The zero-order valence-corrected chi connectivity index (χ0v) is 22.8. The van der Waals surface area contributed by atoms with Gasteiger partial charge in [0.15, 0.2) is 17.5 Å². The van der Waals surface area contributed by atoms with Crippen molar-refractivity contribution in [3.05, 3.63) is 151 Å². The molecule has 9 aromatic rings. The Morgan fingerprint density at radius 1 is 0.422 bits per heavy atom. The molecule has 0 spiro atoms. The van der Waals surface area contributed by atoms with Crippen LogP contribution in [0.3, 0.4) is 0 Å². The molecule has 2 aromatic heterocycles. The molecular weight excluding hydrogens is 550 g/mol. The monoisotopic (exact) mass is 593 g/mol. The number of hydrogen-bond donors (Lipinski definition) is 0. The van der Waals surface area contributed by atoms with Gasteiger partial charge in [-0.1, -0.05) is 139 Å². The fraction of sp³-hybridized carbons (Fsp3) is 0. The molecule has 0 saturated carbocycles. The Morgan fingerprint density at radius 2 is 1.04 bits per heavy atom. The summed E-state index contributed by atoms with van der Waals surface area (Å²) in [6.07, 6.45) is 0. The molecule has 7 aromatic carbocycles. The lowest BCUT2D eigenvalue weighted by Crippen LogP contribution is -2.01. The second-order valence-electron chi connectivity index (χ2n) is 9.84. The van der Waals surface area contributed by atoms with Gasteiger partial charge in [0.05, 0.1) is 24.7 Å². The van der Waals surface area contributed by atoms with Crippen molar-refractivity contribution in [1.29, 1.82) is 0 Å². The normalized spacial score (nSPS) is 17.2. The zero-order valence-electron chi connectivity index (χ0n) is 40.8. The summed E-state index contributed by atoms with van der Waals surface area (Å²) < 4.78 is 164. The number of rotatable bonds is 4. The molecule has 2 heterocycles. The van der Waals surface area contributed by atoms with Gasteiger partial charge in [-0.05, 0) is 44.8 Å². The Bertz CT molecular complexity index is 3540. The summed E-state index contributed by atoms with van der Waals surface area (Å²) in [6.45, 7) is 0. The lowest BCUT2D eigenvalue weighted by atomic mass is 9.92. The van der Waals surface area contributed by atoms with Gasteiger partial charge in [-0.3, -0.25) is 0 Å². The molecule has 0 unspecified atom stereocenters. The number of nitrogens with zero attached hydrogens (tertiary/aromatic N) is 3. The number of benzene rings is 7. The molecule has 0 saturated heterocycles. The predicted octanol–water partition coefficient (Wildman–Crippen LogP) is 10.7. The Balaban J connectivity index is 1.51. The maximum atomic E-state index is 9.28. The maximum absolute atomic E-state index is 9.28. The highest BCUT2D eigenvalue weighted by molar-refractivity contribution is 6.12. The Kier molecular flexibility index (Phi) is 3.02. The number of aromatic nitrogens is 3. The molecule has 0 atom stereocenters. The summed E-state index contributed by atoms with van der Waals surface area (Å²) in [7, 11) is 0. The van der Waals surface area contributed by atoms with Crippen molar-refractivity contribution < 1.29 is 29.1 Å². The van der Waals surface area contributed by atoms with Gasteiger partial charge in [0.1, 0.15) is 11.2 Å². The molecule has 0 radical (unpaired) electrons. The van der Waals surface area contributed by atoms with Gasteiger partial charge in [-0.2, -0.15) is 0 Å². The molecule has 0 fully saturated rings. The second-order valence-corrected chi connectivity index (χ2v) is 9.84. The summed E-state index contributed by atoms with van der Waals surface area (Å²) in [5.74, 6) is -1.95. The van der Waals surface area contributed by atoms with Crippen molar-refractivity contribution in [2.75, 3.05) is 0 Å². The molecule has 210 valence electrons. The van der Waals surface area contributed by atoms with Crippen LogP contribution in [0.5, 0.6) is 0 Å². The molecule has 4 heteroatoms. The Hall–Kier alpha value is -6.13. The van der Waals surface area contributed by atoms with Crippen LogP contribution >= 0.6 is 0 Å². The summed E-state index contributed by atoms with van der Waals surface area (Å²) in [5.41, 5.74) is -2.13. The highest BCUT2D eigenvalue weighted by Gasteiger charge is 2.19. The number of para-hydroxylation sites is 1. The molecule has 0 aliphatic rings. The van der Waals surface area contributed by atoms with Gasteiger partial charge < -0.3 is 4.42 Å². The van der Waals surface area contributed by atoms with E-state index in [2.05, 4.69) is 15.0 Å². The summed E-state index contributed by atoms with van der Waals surface area (Å²) in [4.78, 5) is 13.5. The molecule has 0 bridgehead atoms. The van der Waals surface area contributed by atoms with Crippen LogP contribution in [0.2, 0.25) is 0 Å². The smallest absolute Gasteiger partial charge is 0.164 e. The van der Waals surface area contributed by atoms with Gasteiger partial charge in [0.25, 0.3) is 0 Å². The minimum Gasteiger partial charge on any atom is -0.456 e. The average molecular weight is 594 g/mol. The van der Waals surface area contributed by atoms with Crippen LogP contribution in [-0.4, -0.2) is 15.0 Å². The standard InChI is InChI=1S/C41H25N3O/c1-2-13-27(14-3-1)39-42-40(44-41(43-39)35-23-11-25-37-38(35)34-17-6-7-24-36(34)45-37)33-22-10-20-31-30(19-9-21-32(31)33)29-18-8-15-26-12-4-5-16-28(26)29/h1-25H/i1D,2D,3D,6D,7D,9D,10D,11D,13D,14D,17D,19D,20D,21D,22D,23D,24D,25D. The van der Waals surface area contributed by atoms with E-state index in [0.29, 0.717) is 10.9 Å². The van der Waals surface area contributed by atoms with E-state index in [9.17, 15) is 4.11 Å². The molecule has 45 heavy (non-hydrogen) atoms. The van der Waals surface area contributed by atoms with Gasteiger partial charge >= 0.3 is 0 Å². The average Bonchev–Trinajstić information content (AvgIpc) is 3.67. The molecule has 0 N–H and O–H groups in total. The van der Waals surface area contributed by atoms with Crippen molar-refractivity contribution in [2.24, 2.45) is 0 Å². The Morgan fingerprint density at radius 3 is 1.93 bits per heavy atom. The van der Waals surface area contributed by atoms with E-state index in [1.807, 2.05) is 12.1 Å².